The van der Waals surface area contributed by atoms with Crippen molar-refractivity contribution >= 4 is 23.1 Å². The number of aryl methyl sites for hydroxylation is 2. The zero-order chi connectivity index (χ0) is 21.5. The Kier molecular flexibility index (Phi) is 4.76. The maximum atomic E-state index is 13.1. The standard InChI is InChI=1S/C25H21NO4/c1-16-13-14-20(17(2)15-16)26-24(29)23(28)21(22(27)18-9-5-3-6-10-18)25(26,30)19-11-7-4-8-12-19/h3-15,27,30H,1-2H3. The molecule has 3 aromatic carbocycles. The lowest BCUT2D eigenvalue weighted by Crippen LogP contribution is -2.45. The third-order valence-corrected chi connectivity index (χ3v) is 5.35. The molecule has 1 aliphatic heterocycles. The van der Waals surface area contributed by atoms with Crippen LogP contribution < -0.4 is 4.90 Å². The van der Waals surface area contributed by atoms with Gasteiger partial charge in [0.25, 0.3) is 5.78 Å². The molecule has 4 rings (SSSR count). The minimum absolute atomic E-state index is 0.307. The number of carbonyl (C=O) groups is 2. The fraction of sp³-hybridized carbons (Fsp3) is 0.120. The Morgan fingerprint density at radius 2 is 1.47 bits per heavy atom. The molecule has 3 aromatic rings. The van der Waals surface area contributed by atoms with E-state index in [0.29, 0.717) is 16.8 Å². The number of ketones is 1. The topological polar surface area (TPSA) is 77.8 Å². The highest BCUT2D eigenvalue weighted by Crippen LogP contribution is 2.46. The number of anilines is 1. The van der Waals surface area contributed by atoms with Crippen molar-refractivity contribution in [2.75, 3.05) is 4.90 Å². The molecule has 0 saturated carbocycles. The number of benzene rings is 3. The van der Waals surface area contributed by atoms with Gasteiger partial charge in [0.1, 0.15) is 11.3 Å². The predicted molar refractivity (Wildman–Crippen MR) is 115 cm³/mol. The Hall–Kier alpha value is -3.70. The molecule has 1 fully saturated rings. The molecule has 1 atom stereocenters. The molecule has 1 unspecified atom stereocenters. The third-order valence-electron chi connectivity index (χ3n) is 5.35. The molecule has 150 valence electrons. The summed E-state index contributed by atoms with van der Waals surface area (Å²) in [7, 11) is 0. The van der Waals surface area contributed by atoms with Crippen molar-refractivity contribution in [1.29, 1.82) is 0 Å². The molecule has 1 amide bonds. The first-order chi connectivity index (χ1) is 14.4. The molecule has 5 heteroatoms. The third kappa shape index (κ3) is 2.91. The SMILES string of the molecule is Cc1ccc(N2C(=O)C(=O)C(=C(O)c3ccccc3)C2(O)c2ccccc2)c(C)c1. The van der Waals surface area contributed by atoms with Crippen molar-refractivity contribution in [3.63, 3.8) is 0 Å². The molecular weight excluding hydrogens is 378 g/mol. The number of nitrogens with zero attached hydrogens (tertiary/aromatic N) is 1. The number of aliphatic hydroxyl groups is 2. The van der Waals surface area contributed by atoms with Crippen LogP contribution >= 0.6 is 0 Å². The van der Waals surface area contributed by atoms with E-state index in [1.54, 1.807) is 66.7 Å². The van der Waals surface area contributed by atoms with Crippen molar-refractivity contribution < 1.29 is 19.8 Å². The number of aliphatic hydroxyl groups excluding tert-OH is 1. The summed E-state index contributed by atoms with van der Waals surface area (Å²) in [5, 5.41) is 23.0. The van der Waals surface area contributed by atoms with Crippen LogP contribution in [0.5, 0.6) is 0 Å². The largest absolute Gasteiger partial charge is 0.507 e. The second-order valence-corrected chi connectivity index (χ2v) is 7.39. The second-order valence-electron chi connectivity index (χ2n) is 7.39. The number of rotatable bonds is 3. The van der Waals surface area contributed by atoms with Gasteiger partial charge in [-0.15, -0.1) is 0 Å². The number of hydrogen-bond donors (Lipinski definition) is 2. The highest BCUT2D eigenvalue weighted by atomic mass is 16.3. The van der Waals surface area contributed by atoms with Gasteiger partial charge >= 0.3 is 5.91 Å². The Bertz CT molecular complexity index is 1170. The zero-order valence-corrected chi connectivity index (χ0v) is 16.7. The lowest BCUT2D eigenvalue weighted by atomic mass is 9.91. The van der Waals surface area contributed by atoms with E-state index in [4.69, 9.17) is 0 Å². The Labute approximate surface area is 174 Å². The minimum atomic E-state index is -2.16. The molecule has 1 heterocycles. The van der Waals surface area contributed by atoms with Crippen LogP contribution in [-0.4, -0.2) is 21.9 Å². The molecule has 0 aliphatic carbocycles. The fourth-order valence-electron chi connectivity index (χ4n) is 3.92. The Balaban J connectivity index is 2.04. The average Bonchev–Trinajstić information content (AvgIpc) is 2.96. The minimum Gasteiger partial charge on any atom is -0.507 e. The number of carbonyl (C=O) groups excluding carboxylic acids is 2. The van der Waals surface area contributed by atoms with Gasteiger partial charge in [-0.2, -0.15) is 0 Å². The lowest BCUT2D eigenvalue weighted by Gasteiger charge is -2.35. The molecule has 30 heavy (non-hydrogen) atoms. The van der Waals surface area contributed by atoms with Crippen LogP contribution in [0.4, 0.5) is 5.69 Å². The van der Waals surface area contributed by atoms with E-state index in [-0.39, 0.29) is 5.57 Å². The van der Waals surface area contributed by atoms with Gasteiger partial charge < -0.3 is 10.2 Å². The van der Waals surface area contributed by atoms with E-state index >= 15 is 0 Å². The van der Waals surface area contributed by atoms with Crippen LogP contribution in [0.3, 0.4) is 0 Å². The summed E-state index contributed by atoms with van der Waals surface area (Å²) in [6.07, 6.45) is 0. The first kappa shape index (κ1) is 19.6. The van der Waals surface area contributed by atoms with E-state index < -0.39 is 23.2 Å². The monoisotopic (exact) mass is 399 g/mol. The molecule has 1 aliphatic rings. The zero-order valence-electron chi connectivity index (χ0n) is 16.7. The van der Waals surface area contributed by atoms with Gasteiger partial charge in [0, 0.05) is 11.1 Å². The van der Waals surface area contributed by atoms with E-state index in [1.165, 1.54) is 0 Å². The fourth-order valence-corrected chi connectivity index (χ4v) is 3.92. The maximum absolute atomic E-state index is 13.1. The van der Waals surface area contributed by atoms with Gasteiger partial charge in [-0.05, 0) is 25.5 Å². The molecule has 0 bridgehead atoms. The molecule has 0 radical (unpaired) electrons. The second kappa shape index (κ2) is 7.28. The molecule has 5 nitrogen and oxygen atoms in total. The van der Waals surface area contributed by atoms with Gasteiger partial charge in [-0.25, -0.2) is 0 Å². The quantitative estimate of drug-likeness (QED) is 0.396. The summed E-state index contributed by atoms with van der Waals surface area (Å²) >= 11 is 0. The highest BCUT2D eigenvalue weighted by molar-refractivity contribution is 6.52. The molecule has 2 N–H and O–H groups in total. The van der Waals surface area contributed by atoms with Gasteiger partial charge in [0.05, 0.1) is 5.69 Å². The molecule has 0 spiro atoms. The summed E-state index contributed by atoms with van der Waals surface area (Å²) in [5.41, 5.74) is 0.250. The molecular formula is C25H21NO4. The maximum Gasteiger partial charge on any atom is 0.302 e. The van der Waals surface area contributed by atoms with Crippen LogP contribution in [0.15, 0.2) is 84.4 Å². The lowest BCUT2D eigenvalue weighted by molar-refractivity contribution is -0.132. The predicted octanol–water partition coefficient (Wildman–Crippen LogP) is 4.03. The first-order valence-corrected chi connectivity index (χ1v) is 9.59. The van der Waals surface area contributed by atoms with Gasteiger partial charge in [-0.1, -0.05) is 78.4 Å². The average molecular weight is 399 g/mol. The Morgan fingerprint density at radius 3 is 2.07 bits per heavy atom. The molecule has 1 saturated heterocycles. The summed E-state index contributed by atoms with van der Waals surface area (Å²) in [6.45, 7) is 3.73. The van der Waals surface area contributed by atoms with E-state index in [2.05, 4.69) is 0 Å². The van der Waals surface area contributed by atoms with Gasteiger partial charge in [0.15, 0.2) is 0 Å². The van der Waals surface area contributed by atoms with Crippen LogP contribution in [0.2, 0.25) is 0 Å². The summed E-state index contributed by atoms with van der Waals surface area (Å²) in [6, 6.07) is 22.2. The summed E-state index contributed by atoms with van der Waals surface area (Å²) < 4.78 is 0. The highest BCUT2D eigenvalue weighted by Gasteiger charge is 2.58. The normalized spacial score (nSPS) is 20.6. The van der Waals surface area contributed by atoms with Crippen molar-refractivity contribution in [2.45, 2.75) is 19.6 Å². The number of hydrogen-bond acceptors (Lipinski definition) is 4. The van der Waals surface area contributed by atoms with Crippen molar-refractivity contribution in [3.05, 3.63) is 107 Å². The Morgan fingerprint density at radius 1 is 0.867 bits per heavy atom. The number of amides is 1. The van der Waals surface area contributed by atoms with Crippen LogP contribution in [0.25, 0.3) is 5.76 Å². The van der Waals surface area contributed by atoms with E-state index in [0.717, 1.165) is 16.0 Å². The van der Waals surface area contributed by atoms with Crippen LogP contribution in [0.1, 0.15) is 22.3 Å². The molecule has 0 aromatic heterocycles. The summed E-state index contributed by atoms with van der Waals surface area (Å²) in [5.74, 6) is -2.26. The van der Waals surface area contributed by atoms with Crippen molar-refractivity contribution in [1.82, 2.24) is 0 Å². The smallest absolute Gasteiger partial charge is 0.302 e. The van der Waals surface area contributed by atoms with Crippen molar-refractivity contribution in [2.24, 2.45) is 0 Å². The van der Waals surface area contributed by atoms with Crippen molar-refractivity contribution in [3.8, 4) is 0 Å². The van der Waals surface area contributed by atoms with Gasteiger partial charge in [0.2, 0.25) is 5.72 Å². The van der Waals surface area contributed by atoms with E-state index in [9.17, 15) is 19.8 Å². The van der Waals surface area contributed by atoms with E-state index in [1.807, 2.05) is 26.0 Å². The first-order valence-electron chi connectivity index (χ1n) is 9.59. The van der Waals surface area contributed by atoms with Crippen LogP contribution in [0, 0.1) is 13.8 Å². The summed E-state index contributed by atoms with van der Waals surface area (Å²) in [4.78, 5) is 27.3. The van der Waals surface area contributed by atoms with Gasteiger partial charge in [-0.3, -0.25) is 14.5 Å². The number of Topliss-reactive ketones (excluding diaryl/α,β-unsaturated/α-hetero) is 1. The van der Waals surface area contributed by atoms with Crippen LogP contribution in [-0.2, 0) is 15.3 Å².